The Hall–Kier alpha value is -1.87. The van der Waals surface area contributed by atoms with Crippen molar-refractivity contribution < 1.29 is 0 Å². The number of pyridine rings is 1. The van der Waals surface area contributed by atoms with Crippen LogP contribution in [0.4, 0.5) is 0 Å². The molecule has 1 aromatic heterocycles. The van der Waals surface area contributed by atoms with Gasteiger partial charge in [0, 0.05) is 0 Å². The molecule has 0 aliphatic carbocycles. The van der Waals surface area contributed by atoms with E-state index < -0.39 is 13.3 Å². The van der Waals surface area contributed by atoms with E-state index >= 15 is 0 Å². The molecule has 110 valence electrons. The topological polar surface area (TPSA) is 12.9 Å². The van der Waals surface area contributed by atoms with Crippen molar-refractivity contribution in [2.75, 3.05) is 0 Å². The predicted octanol–water partition coefficient (Wildman–Crippen LogP) is 4.96. The van der Waals surface area contributed by atoms with Crippen LogP contribution in [0.15, 0.2) is 72.9 Å². The zero-order chi connectivity index (χ0) is 15.6. The van der Waals surface area contributed by atoms with Gasteiger partial charge in [0.05, 0.1) is 0 Å². The summed E-state index contributed by atoms with van der Waals surface area (Å²) in [5.74, 6) is 7.24. The molecular formula is C20H21GeN. The minimum absolute atomic E-state index is 1.08. The van der Waals surface area contributed by atoms with Crippen molar-refractivity contribution >= 4 is 17.7 Å². The summed E-state index contributed by atoms with van der Waals surface area (Å²) in [6, 6.07) is 23.6. The second kappa shape index (κ2) is 6.09. The summed E-state index contributed by atoms with van der Waals surface area (Å²) in [5.41, 5.74) is 4.76. The van der Waals surface area contributed by atoms with E-state index in [-0.39, 0.29) is 0 Å². The molecule has 0 aliphatic heterocycles. The van der Waals surface area contributed by atoms with E-state index in [0.29, 0.717) is 0 Å². The SMILES string of the molecule is [CH3][Ge]([CH3])([CH3])[c]1ccnc(-c2ccc(-c3ccccc3)cc2)c1. The Morgan fingerprint density at radius 1 is 0.682 bits per heavy atom. The van der Waals surface area contributed by atoms with Gasteiger partial charge in [-0.2, -0.15) is 0 Å². The molecular weight excluding hydrogens is 327 g/mol. The normalized spacial score (nSPS) is 11.4. The van der Waals surface area contributed by atoms with Crippen LogP contribution < -0.4 is 4.40 Å². The van der Waals surface area contributed by atoms with Crippen molar-refractivity contribution in [3.8, 4) is 22.4 Å². The van der Waals surface area contributed by atoms with E-state index in [4.69, 9.17) is 0 Å². The fraction of sp³-hybridized carbons (Fsp3) is 0.150. The van der Waals surface area contributed by atoms with Crippen molar-refractivity contribution in [1.29, 1.82) is 0 Å². The first-order valence-electron chi connectivity index (χ1n) is 7.66. The second-order valence-corrected chi connectivity index (χ2v) is 17.3. The van der Waals surface area contributed by atoms with Crippen LogP contribution in [0.2, 0.25) is 17.3 Å². The number of aromatic nitrogens is 1. The molecule has 0 radical (unpaired) electrons. The van der Waals surface area contributed by atoms with Crippen LogP contribution in [0, 0.1) is 0 Å². The second-order valence-electron chi connectivity index (χ2n) is 6.62. The van der Waals surface area contributed by atoms with E-state index in [1.807, 2.05) is 12.3 Å². The fourth-order valence-electron chi connectivity index (χ4n) is 2.52. The Bertz CT molecular complexity index is 756. The Kier molecular flexibility index (Phi) is 4.17. The molecule has 3 rings (SSSR count). The third-order valence-corrected chi connectivity index (χ3v) is 8.20. The maximum absolute atomic E-state index is 4.56. The minimum atomic E-state index is -1.81. The molecule has 3 aromatic rings. The number of hydrogen-bond acceptors (Lipinski definition) is 1. The molecule has 1 nitrogen and oxygen atoms in total. The average Bonchev–Trinajstić information content (AvgIpc) is 2.55. The third kappa shape index (κ3) is 3.30. The molecule has 0 atom stereocenters. The van der Waals surface area contributed by atoms with Gasteiger partial charge in [-0.3, -0.25) is 0 Å². The van der Waals surface area contributed by atoms with Crippen molar-refractivity contribution in [1.82, 2.24) is 4.98 Å². The Balaban J connectivity index is 1.94. The summed E-state index contributed by atoms with van der Waals surface area (Å²) < 4.78 is 1.50. The van der Waals surface area contributed by atoms with Crippen LogP contribution in [0.25, 0.3) is 22.4 Å². The third-order valence-electron chi connectivity index (χ3n) is 3.91. The van der Waals surface area contributed by atoms with E-state index in [2.05, 4.69) is 82.9 Å². The quantitative estimate of drug-likeness (QED) is 0.610. The molecule has 0 saturated carbocycles. The van der Waals surface area contributed by atoms with Gasteiger partial charge < -0.3 is 0 Å². The molecule has 0 aliphatic rings. The number of hydrogen-bond donors (Lipinski definition) is 0. The molecule has 1 heterocycles. The first kappa shape index (κ1) is 15.0. The molecule has 0 bridgehead atoms. The van der Waals surface area contributed by atoms with Crippen molar-refractivity contribution in [2.45, 2.75) is 17.3 Å². The van der Waals surface area contributed by atoms with Crippen molar-refractivity contribution in [3.05, 3.63) is 72.9 Å². The molecule has 0 fully saturated rings. The van der Waals surface area contributed by atoms with Crippen molar-refractivity contribution in [2.24, 2.45) is 0 Å². The summed E-state index contributed by atoms with van der Waals surface area (Å²) in [5, 5.41) is 0. The molecule has 0 amide bonds. The van der Waals surface area contributed by atoms with Gasteiger partial charge in [-0.15, -0.1) is 0 Å². The van der Waals surface area contributed by atoms with E-state index in [1.165, 1.54) is 21.1 Å². The van der Waals surface area contributed by atoms with Crippen LogP contribution in [-0.4, -0.2) is 18.3 Å². The Morgan fingerprint density at radius 3 is 1.91 bits per heavy atom. The molecule has 22 heavy (non-hydrogen) atoms. The number of rotatable bonds is 3. The van der Waals surface area contributed by atoms with E-state index in [9.17, 15) is 0 Å². The maximum atomic E-state index is 4.56. The van der Waals surface area contributed by atoms with E-state index in [1.54, 1.807) is 0 Å². The standard InChI is InChI=1S/C20H21GeN/c1-21(2,3)19-13-14-22-20(15-19)18-11-9-17(10-12-18)16-7-5-4-6-8-16/h4-15H,1-3H3. The number of benzene rings is 2. The van der Waals surface area contributed by atoms with E-state index in [0.717, 1.165) is 5.69 Å². The Morgan fingerprint density at radius 2 is 1.27 bits per heavy atom. The Labute approximate surface area is 135 Å². The van der Waals surface area contributed by atoms with Gasteiger partial charge in [0.25, 0.3) is 0 Å². The van der Waals surface area contributed by atoms with Gasteiger partial charge in [-0.1, -0.05) is 0 Å². The molecule has 0 N–H and O–H groups in total. The summed E-state index contributed by atoms with van der Waals surface area (Å²) in [6.45, 7) is 0. The van der Waals surface area contributed by atoms with Crippen molar-refractivity contribution in [3.63, 3.8) is 0 Å². The summed E-state index contributed by atoms with van der Waals surface area (Å²) in [4.78, 5) is 4.56. The molecule has 0 spiro atoms. The molecule has 2 aromatic carbocycles. The monoisotopic (exact) mass is 349 g/mol. The van der Waals surface area contributed by atoms with Gasteiger partial charge in [-0.05, 0) is 0 Å². The first-order valence-corrected chi connectivity index (χ1v) is 15.0. The van der Waals surface area contributed by atoms with Gasteiger partial charge in [0.2, 0.25) is 0 Å². The van der Waals surface area contributed by atoms with Crippen LogP contribution in [0.3, 0.4) is 0 Å². The zero-order valence-electron chi connectivity index (χ0n) is 13.4. The molecule has 2 heteroatoms. The summed E-state index contributed by atoms with van der Waals surface area (Å²) >= 11 is -1.81. The van der Waals surface area contributed by atoms with Crippen LogP contribution >= 0.6 is 0 Å². The van der Waals surface area contributed by atoms with Gasteiger partial charge in [0.15, 0.2) is 0 Å². The predicted molar refractivity (Wildman–Crippen MR) is 98.1 cm³/mol. The fourth-order valence-corrected chi connectivity index (χ4v) is 4.92. The zero-order valence-corrected chi connectivity index (χ0v) is 15.5. The van der Waals surface area contributed by atoms with Gasteiger partial charge in [-0.25, -0.2) is 0 Å². The summed E-state index contributed by atoms with van der Waals surface area (Å²) in [6.07, 6.45) is 1.95. The van der Waals surface area contributed by atoms with Gasteiger partial charge >= 0.3 is 135 Å². The average molecular weight is 348 g/mol. The van der Waals surface area contributed by atoms with Gasteiger partial charge in [0.1, 0.15) is 0 Å². The first-order chi connectivity index (χ1) is 10.5. The van der Waals surface area contributed by atoms with Crippen LogP contribution in [0.5, 0.6) is 0 Å². The van der Waals surface area contributed by atoms with Crippen LogP contribution in [-0.2, 0) is 0 Å². The molecule has 0 saturated heterocycles. The molecule has 0 unspecified atom stereocenters. The summed E-state index contributed by atoms with van der Waals surface area (Å²) in [7, 11) is 0. The van der Waals surface area contributed by atoms with Crippen LogP contribution in [0.1, 0.15) is 0 Å². The number of nitrogens with zero attached hydrogens (tertiary/aromatic N) is 1.